The number of nitrogens with zero attached hydrogens (tertiary/aromatic N) is 16. The van der Waals surface area contributed by atoms with Gasteiger partial charge in [0.05, 0.1) is 69.5 Å². The fraction of sp³-hybridized carbons (Fsp3) is 0.500. The second-order valence-corrected chi connectivity index (χ2v) is 23.2. The average Bonchev–Trinajstić information content (AvgIpc) is 4.48. The van der Waals surface area contributed by atoms with Gasteiger partial charge in [-0.15, -0.1) is 0 Å². The Morgan fingerprint density at radius 1 is 0.463 bits per heavy atom. The summed E-state index contributed by atoms with van der Waals surface area (Å²) in [7, 11) is -15.3. The van der Waals surface area contributed by atoms with Gasteiger partial charge in [0.25, 0.3) is 0 Å². The van der Waals surface area contributed by atoms with Gasteiger partial charge in [-0.25, -0.2) is 78.4 Å². The fourth-order valence-corrected chi connectivity index (χ4v) is 12.8. The van der Waals surface area contributed by atoms with Crippen LogP contribution >= 0.6 is 23.5 Å². The summed E-state index contributed by atoms with van der Waals surface area (Å²) in [6.45, 7) is -2.32. The number of fused-ring (bicyclic) bond motifs is 4. The number of ether oxygens (including phenoxy) is 4. The summed E-state index contributed by atoms with van der Waals surface area (Å²) in [4.78, 5) is 87.5. The van der Waals surface area contributed by atoms with Crippen molar-refractivity contribution in [1.29, 1.82) is 0 Å². The van der Waals surface area contributed by atoms with Crippen LogP contribution < -0.4 is 22.9 Å². The van der Waals surface area contributed by atoms with E-state index in [9.17, 15) is 38.7 Å². The second kappa shape index (κ2) is 22.2. The number of rotatable bonds is 21. The van der Waals surface area contributed by atoms with Crippen molar-refractivity contribution in [3.05, 3.63) is 50.6 Å². The number of nitrogens with two attached hydrogens (primary N) is 4. The average molecular weight is 1210 g/mol. The van der Waals surface area contributed by atoms with E-state index in [2.05, 4.69) is 64.7 Å². The van der Waals surface area contributed by atoms with Gasteiger partial charge >= 0.3 is 23.5 Å². The van der Waals surface area contributed by atoms with Crippen LogP contribution in [-0.4, -0.2) is 178 Å². The lowest BCUT2D eigenvalue weighted by Gasteiger charge is -2.24. The molecule has 3 unspecified atom stereocenters. The number of aromatic nitrogens is 16. The molecule has 0 bridgehead atoms. The first-order valence-electron chi connectivity index (χ1n) is 24.6. The molecular formula is C40H49N20O19P3. The van der Waals surface area contributed by atoms with E-state index in [4.69, 9.17) is 69.0 Å². The van der Waals surface area contributed by atoms with E-state index in [0.29, 0.717) is 11.2 Å². The number of hydrogen-bond donors (Lipinski definition) is 9. The van der Waals surface area contributed by atoms with Crippen LogP contribution in [0.3, 0.4) is 0 Å². The lowest BCUT2D eigenvalue weighted by Crippen LogP contribution is -2.27. The molecule has 4 aliphatic rings. The molecule has 4 saturated heterocycles. The van der Waals surface area contributed by atoms with Crippen molar-refractivity contribution >= 4 is 91.4 Å². The highest BCUT2D eigenvalue weighted by Crippen LogP contribution is 2.54. The highest BCUT2D eigenvalue weighted by atomic mass is 31.2. The molecule has 0 aliphatic carbocycles. The Bertz CT molecular complexity index is 3800. The lowest BCUT2D eigenvalue weighted by molar-refractivity contribution is -0.260. The van der Waals surface area contributed by atoms with Crippen LogP contribution in [0.25, 0.3) is 44.7 Å². The number of nitrogen functional groups attached to an aromatic ring is 4. The number of phosphoric acid groups is 3. The van der Waals surface area contributed by atoms with Gasteiger partial charge in [-0.1, -0.05) is 0 Å². The molecule has 13 N–H and O–H groups in total. The smallest absolute Gasteiger partial charge is 0.390 e. The van der Waals surface area contributed by atoms with Crippen molar-refractivity contribution in [2.75, 3.05) is 49.4 Å². The van der Waals surface area contributed by atoms with E-state index in [1.165, 1.54) is 56.2 Å². The topological polar surface area (TPSA) is 532 Å². The number of imidazole rings is 4. The Kier molecular flexibility index (Phi) is 15.2. The molecule has 4 fully saturated rings. The van der Waals surface area contributed by atoms with E-state index in [-0.39, 0.29) is 89.1 Å². The minimum absolute atomic E-state index is 0.00236. The molecule has 4 aliphatic heterocycles. The third-order valence-electron chi connectivity index (χ3n) is 13.6. The minimum atomic E-state index is -5.19. The molecule has 8 aromatic rings. The Morgan fingerprint density at radius 2 is 0.793 bits per heavy atom. The van der Waals surface area contributed by atoms with Gasteiger partial charge in [-0.2, -0.15) is 0 Å². The molecule has 438 valence electrons. The monoisotopic (exact) mass is 1210 g/mol. The van der Waals surface area contributed by atoms with Crippen molar-refractivity contribution in [1.82, 2.24) is 78.1 Å². The summed E-state index contributed by atoms with van der Waals surface area (Å²) in [5.74, 6) is 0.187. The van der Waals surface area contributed by atoms with E-state index >= 15 is 0 Å². The van der Waals surface area contributed by atoms with Crippen molar-refractivity contribution in [2.24, 2.45) is 0 Å². The van der Waals surface area contributed by atoms with Gasteiger partial charge < -0.3 is 61.7 Å². The molecule has 42 heteroatoms. The molecule has 12 rings (SSSR count). The van der Waals surface area contributed by atoms with E-state index < -0.39 is 117 Å². The van der Waals surface area contributed by atoms with Crippen LogP contribution in [0.2, 0.25) is 0 Å². The maximum Gasteiger partial charge on any atom is 0.472 e. The summed E-state index contributed by atoms with van der Waals surface area (Å²) in [6, 6.07) is 0. The summed E-state index contributed by atoms with van der Waals surface area (Å²) in [5.41, 5.74) is 25.6. The van der Waals surface area contributed by atoms with Crippen molar-refractivity contribution in [3.8, 4) is 0 Å². The number of anilines is 4. The Morgan fingerprint density at radius 3 is 1.16 bits per heavy atom. The van der Waals surface area contributed by atoms with Gasteiger partial charge in [-0.3, -0.25) is 50.7 Å². The predicted molar refractivity (Wildman–Crippen MR) is 270 cm³/mol. The normalized spacial score (nSPS) is 29.1. The summed E-state index contributed by atoms with van der Waals surface area (Å²) in [6.07, 6.45) is -4.76. The van der Waals surface area contributed by atoms with Gasteiger partial charge in [0.1, 0.15) is 84.6 Å². The maximum absolute atomic E-state index is 14.0. The van der Waals surface area contributed by atoms with Gasteiger partial charge in [0.2, 0.25) is 0 Å². The molecule has 0 spiro atoms. The third-order valence-corrected chi connectivity index (χ3v) is 16.7. The SMILES string of the molecule is Nc1ncnc2c1ncn2[C@@H]1O[C@H](COO)C[C@H]1OP(=O)(O)OC[C@@H]1C[C@@H](OP(=O)(O)OC[C@@H]2C[C@@H](OP(=O)(O)OC[C@H]3O[C@@H](n4cnc5c(N)ncnc54)C[C@@H]3O)[C@H](n3cnc4c(N)ncnc43)O2)[C@H](n2cnc3c(N)ncnc32)O1. The molecule has 82 heavy (non-hydrogen) atoms. The second-order valence-electron chi connectivity index (χ2n) is 18.9. The van der Waals surface area contributed by atoms with Crippen LogP contribution in [0, 0.1) is 0 Å². The van der Waals surface area contributed by atoms with Crippen molar-refractivity contribution in [2.45, 2.75) is 99.4 Å². The minimum Gasteiger partial charge on any atom is -0.390 e. The van der Waals surface area contributed by atoms with E-state index in [0.717, 1.165) is 12.7 Å². The first-order valence-corrected chi connectivity index (χ1v) is 29.0. The lowest BCUT2D eigenvalue weighted by atomic mass is 10.2. The highest BCUT2D eigenvalue weighted by molar-refractivity contribution is 7.48. The number of hydrogen-bond acceptors (Lipinski definition) is 32. The molecule has 0 aromatic carbocycles. The quantitative estimate of drug-likeness (QED) is 0.0263. The maximum atomic E-state index is 14.0. The van der Waals surface area contributed by atoms with Crippen LogP contribution in [0.1, 0.15) is 50.6 Å². The van der Waals surface area contributed by atoms with Crippen LogP contribution in [-0.2, 0) is 64.7 Å². The number of phosphoric ester groups is 3. The van der Waals surface area contributed by atoms with Gasteiger partial charge in [0.15, 0.2) is 64.5 Å². The number of aliphatic hydroxyl groups is 1. The first-order chi connectivity index (χ1) is 39.3. The zero-order chi connectivity index (χ0) is 57.2. The molecule has 39 nitrogen and oxygen atoms in total. The van der Waals surface area contributed by atoms with Gasteiger partial charge in [-0.05, 0) is 0 Å². The first kappa shape index (κ1) is 56.0. The molecule has 0 radical (unpaired) electrons. The largest absolute Gasteiger partial charge is 0.472 e. The Balaban J connectivity index is 0.722. The van der Waals surface area contributed by atoms with Crippen LogP contribution in [0.5, 0.6) is 0 Å². The third kappa shape index (κ3) is 11.2. The highest BCUT2D eigenvalue weighted by Gasteiger charge is 2.49. The van der Waals surface area contributed by atoms with E-state index in [1.54, 1.807) is 0 Å². The van der Waals surface area contributed by atoms with E-state index in [1.807, 2.05) is 0 Å². The van der Waals surface area contributed by atoms with Crippen LogP contribution in [0.4, 0.5) is 23.3 Å². The number of aliphatic hydroxyl groups excluding tert-OH is 1. The zero-order valence-electron chi connectivity index (χ0n) is 42.0. The summed E-state index contributed by atoms with van der Waals surface area (Å²) < 4.78 is 105. The van der Waals surface area contributed by atoms with Gasteiger partial charge in [0, 0.05) is 25.7 Å². The Hall–Kier alpha value is -6.55. The molecule has 0 amide bonds. The van der Waals surface area contributed by atoms with Crippen molar-refractivity contribution in [3.63, 3.8) is 0 Å². The molecule has 8 aromatic heterocycles. The standard InChI is InChI=1S/C40H49N20O19P3/c41-30-26-34(49-9-45-30)57(13-53-26)25-4-20(61)24(76-25)8-72-82(67,68)79-23-3-19(75-40(23)60-16-56-29-33(44)48-12-52-37(29)60)7-71-81(65,66)78-22-2-18(74-39(22)59-15-55-28-32(43)47-11-51-36(28)59)6-70-80(63,64)77-21-1-17(5-69-62)73-38(21)58-14-54-27-31(42)46-10-50-35(27)58/h9-25,38-40,61-62H,1-8H2,(H,63,64)(H,65,66)(H,67,68)(H2,41,45,49)(H2,42,46,50)(H2,43,47,51)(H2,44,48,52)/t17-,18-,19-,20-,21+,22+,23+,24+,25+,38+,39+,40+/m0/s1. The van der Waals surface area contributed by atoms with Crippen LogP contribution in [0.15, 0.2) is 50.6 Å². The fourth-order valence-electron chi connectivity index (χ4n) is 9.98. The summed E-state index contributed by atoms with van der Waals surface area (Å²) >= 11 is 0. The molecule has 15 atom stereocenters. The molecular weight excluding hydrogens is 1160 g/mol. The Labute approximate surface area is 457 Å². The molecule has 0 saturated carbocycles. The predicted octanol–water partition coefficient (Wildman–Crippen LogP) is 0.182. The zero-order valence-corrected chi connectivity index (χ0v) is 44.6. The van der Waals surface area contributed by atoms with Crippen molar-refractivity contribution < 1.29 is 89.7 Å². The summed E-state index contributed by atoms with van der Waals surface area (Å²) in [5, 5.41) is 20.1. The molecule has 12 heterocycles.